The summed E-state index contributed by atoms with van der Waals surface area (Å²) in [5.41, 5.74) is 0. The van der Waals surface area contributed by atoms with Gasteiger partial charge in [-0.1, -0.05) is 12.2 Å². The molecule has 0 fully saturated rings. The summed E-state index contributed by atoms with van der Waals surface area (Å²) in [6.07, 6.45) is 0.794. The highest BCUT2D eigenvalue weighted by molar-refractivity contribution is 5.81. The molecule has 0 spiro atoms. The largest absolute Gasteiger partial charge is 0.469 e. The molecule has 7 heteroatoms. The first kappa shape index (κ1) is 21.3. The summed E-state index contributed by atoms with van der Waals surface area (Å²) in [6, 6.07) is 0. The van der Waals surface area contributed by atoms with Crippen molar-refractivity contribution in [3.63, 3.8) is 0 Å². The van der Waals surface area contributed by atoms with E-state index in [0.29, 0.717) is 6.54 Å². The van der Waals surface area contributed by atoms with Crippen molar-refractivity contribution in [1.29, 1.82) is 0 Å². The maximum atomic E-state index is 12.2. The molecule has 1 amide bonds. The van der Waals surface area contributed by atoms with Crippen LogP contribution in [-0.2, 0) is 23.8 Å². The van der Waals surface area contributed by atoms with Crippen molar-refractivity contribution in [2.45, 2.75) is 31.2 Å². The monoisotopic (exact) mass is 329 g/mol. The Kier molecular flexibility index (Phi) is 10.9. The molecule has 0 bridgehead atoms. The second-order valence-corrected chi connectivity index (χ2v) is 4.86. The van der Waals surface area contributed by atoms with Gasteiger partial charge < -0.3 is 24.2 Å². The molecule has 0 aromatic carbocycles. The highest BCUT2D eigenvalue weighted by atomic mass is 16.5. The van der Waals surface area contributed by atoms with Crippen LogP contribution in [0.15, 0.2) is 25.3 Å². The minimum Gasteiger partial charge on any atom is -0.469 e. The lowest BCUT2D eigenvalue weighted by molar-refractivity contribution is -0.144. The molecule has 0 aromatic heterocycles. The minimum absolute atomic E-state index is 0.00359. The van der Waals surface area contributed by atoms with E-state index in [0.717, 1.165) is 0 Å². The number of aliphatic hydroxyl groups excluding tert-OH is 1. The number of amides is 1. The molecular weight excluding hydrogens is 302 g/mol. The average molecular weight is 329 g/mol. The lowest BCUT2D eigenvalue weighted by Gasteiger charge is -2.32. The van der Waals surface area contributed by atoms with Gasteiger partial charge in [-0.15, -0.1) is 13.2 Å². The molecule has 0 aromatic rings. The van der Waals surface area contributed by atoms with Gasteiger partial charge in [0.05, 0.1) is 13.5 Å². The van der Waals surface area contributed by atoms with E-state index < -0.39 is 24.3 Å². The lowest BCUT2D eigenvalue weighted by Crippen LogP contribution is -2.48. The average Bonchev–Trinajstić information content (AvgIpc) is 2.57. The van der Waals surface area contributed by atoms with Crippen LogP contribution in [0.4, 0.5) is 0 Å². The van der Waals surface area contributed by atoms with Gasteiger partial charge in [0.25, 0.3) is 0 Å². The van der Waals surface area contributed by atoms with Crippen LogP contribution in [0.2, 0.25) is 0 Å². The molecule has 0 aliphatic heterocycles. The Bertz CT molecular complexity index is 398. The highest BCUT2D eigenvalue weighted by Gasteiger charge is 2.29. The van der Waals surface area contributed by atoms with Crippen molar-refractivity contribution >= 4 is 11.9 Å². The molecule has 3 atom stereocenters. The Labute approximate surface area is 137 Å². The van der Waals surface area contributed by atoms with Crippen LogP contribution in [0.3, 0.4) is 0 Å². The fraction of sp³-hybridized carbons (Fsp3) is 0.625. The lowest BCUT2D eigenvalue weighted by atomic mass is 10.1. The smallest absolute Gasteiger partial charge is 0.306 e. The SMILES string of the molecule is C=CCN(CC(OC)[C@@H](OC)[C@H](O)C=C)C(=O)CCC(=O)OC. The highest BCUT2D eigenvalue weighted by Crippen LogP contribution is 2.12. The van der Waals surface area contributed by atoms with Crippen molar-refractivity contribution < 1.29 is 28.9 Å². The van der Waals surface area contributed by atoms with E-state index in [1.54, 1.807) is 6.08 Å². The first-order valence-electron chi connectivity index (χ1n) is 7.26. The van der Waals surface area contributed by atoms with Crippen LogP contribution in [0.5, 0.6) is 0 Å². The number of ether oxygens (including phenoxy) is 3. The van der Waals surface area contributed by atoms with Crippen LogP contribution in [0, 0.1) is 0 Å². The van der Waals surface area contributed by atoms with Gasteiger partial charge in [-0.05, 0) is 0 Å². The van der Waals surface area contributed by atoms with Crippen LogP contribution in [0.25, 0.3) is 0 Å². The molecule has 7 nitrogen and oxygen atoms in total. The quantitative estimate of drug-likeness (QED) is 0.415. The Balaban J connectivity index is 4.92. The fourth-order valence-corrected chi connectivity index (χ4v) is 2.08. The number of carbonyl (C=O) groups excluding carboxylic acids is 2. The fourth-order valence-electron chi connectivity index (χ4n) is 2.08. The van der Waals surface area contributed by atoms with E-state index in [-0.39, 0.29) is 25.3 Å². The molecule has 23 heavy (non-hydrogen) atoms. The molecule has 0 aliphatic carbocycles. The third-order valence-corrected chi connectivity index (χ3v) is 3.39. The second-order valence-electron chi connectivity index (χ2n) is 4.86. The normalized spacial score (nSPS) is 14.4. The van der Waals surface area contributed by atoms with Crippen LogP contribution in [0.1, 0.15) is 12.8 Å². The van der Waals surface area contributed by atoms with Gasteiger partial charge in [-0.25, -0.2) is 0 Å². The molecule has 0 radical (unpaired) electrons. The van der Waals surface area contributed by atoms with E-state index in [9.17, 15) is 14.7 Å². The number of hydrogen-bond donors (Lipinski definition) is 1. The number of nitrogens with zero attached hydrogens (tertiary/aromatic N) is 1. The van der Waals surface area contributed by atoms with E-state index in [1.165, 1.54) is 32.3 Å². The van der Waals surface area contributed by atoms with Crippen molar-refractivity contribution in [2.24, 2.45) is 0 Å². The summed E-state index contributed by atoms with van der Waals surface area (Å²) in [5.74, 6) is -0.683. The topological polar surface area (TPSA) is 85.3 Å². The zero-order valence-corrected chi connectivity index (χ0v) is 14.1. The van der Waals surface area contributed by atoms with Crippen LogP contribution >= 0.6 is 0 Å². The molecular formula is C16H27NO6. The maximum absolute atomic E-state index is 12.2. The maximum Gasteiger partial charge on any atom is 0.306 e. The minimum atomic E-state index is -0.930. The predicted molar refractivity (Wildman–Crippen MR) is 85.8 cm³/mol. The van der Waals surface area contributed by atoms with Gasteiger partial charge in [0.1, 0.15) is 18.3 Å². The molecule has 0 aliphatic rings. The first-order chi connectivity index (χ1) is 10.9. The van der Waals surface area contributed by atoms with Gasteiger partial charge in [0.2, 0.25) is 5.91 Å². The van der Waals surface area contributed by atoms with Crippen molar-refractivity contribution in [3.05, 3.63) is 25.3 Å². The molecule has 0 rings (SSSR count). The summed E-state index contributed by atoms with van der Waals surface area (Å²) in [7, 11) is 4.19. The van der Waals surface area contributed by atoms with Crippen molar-refractivity contribution in [1.82, 2.24) is 4.90 Å². The van der Waals surface area contributed by atoms with E-state index in [4.69, 9.17) is 9.47 Å². The van der Waals surface area contributed by atoms with Gasteiger partial charge in [-0.2, -0.15) is 0 Å². The number of rotatable bonds is 12. The third kappa shape index (κ3) is 7.40. The van der Waals surface area contributed by atoms with Gasteiger partial charge >= 0.3 is 5.97 Å². The van der Waals surface area contributed by atoms with Crippen LogP contribution in [-0.4, -0.2) is 74.6 Å². The van der Waals surface area contributed by atoms with Gasteiger partial charge in [0.15, 0.2) is 0 Å². The summed E-state index contributed by atoms with van der Waals surface area (Å²) in [5, 5.41) is 9.90. The summed E-state index contributed by atoms with van der Waals surface area (Å²) < 4.78 is 15.1. The Morgan fingerprint density at radius 2 is 1.83 bits per heavy atom. The second kappa shape index (κ2) is 11.8. The summed E-state index contributed by atoms with van der Waals surface area (Å²) >= 11 is 0. The summed E-state index contributed by atoms with van der Waals surface area (Å²) in [4.78, 5) is 24.9. The van der Waals surface area contributed by atoms with Crippen LogP contribution < -0.4 is 0 Å². The number of aliphatic hydroxyl groups is 1. The van der Waals surface area contributed by atoms with Crippen molar-refractivity contribution in [3.8, 4) is 0 Å². The molecule has 0 saturated carbocycles. The van der Waals surface area contributed by atoms with E-state index in [1.807, 2.05) is 0 Å². The summed E-state index contributed by atoms with van der Waals surface area (Å²) in [6.45, 7) is 7.62. The molecule has 1 unspecified atom stereocenters. The standard InChI is InChI=1S/C16H27NO6/c1-6-10-17(14(19)8-9-15(20)22-4)11-13(21-3)16(23-5)12(18)7-2/h6-7,12-13,16,18H,1-2,8-11H2,3-5H3/t12-,13?,16+/m1/s1. The molecule has 132 valence electrons. The number of methoxy groups -OCH3 is 3. The van der Waals surface area contributed by atoms with Gasteiger partial charge in [0, 0.05) is 33.7 Å². The Morgan fingerprint density at radius 3 is 2.26 bits per heavy atom. The molecule has 0 heterocycles. The number of esters is 1. The van der Waals surface area contributed by atoms with E-state index in [2.05, 4.69) is 17.9 Å². The number of carbonyl (C=O) groups is 2. The van der Waals surface area contributed by atoms with Gasteiger partial charge in [-0.3, -0.25) is 9.59 Å². The first-order valence-corrected chi connectivity index (χ1v) is 7.26. The Hall–Kier alpha value is -1.70. The zero-order valence-electron chi connectivity index (χ0n) is 14.1. The Morgan fingerprint density at radius 1 is 1.17 bits per heavy atom. The number of hydrogen-bond acceptors (Lipinski definition) is 6. The van der Waals surface area contributed by atoms with Crippen molar-refractivity contribution in [2.75, 3.05) is 34.4 Å². The predicted octanol–water partition coefficient (Wildman–Crippen LogP) is 0.531. The third-order valence-electron chi connectivity index (χ3n) is 3.39. The molecule has 0 saturated heterocycles. The zero-order chi connectivity index (χ0) is 17.8. The molecule has 1 N–H and O–H groups in total. The van der Waals surface area contributed by atoms with E-state index >= 15 is 0 Å².